The summed E-state index contributed by atoms with van der Waals surface area (Å²) < 4.78 is 34.8. The minimum absolute atomic E-state index is 0.0969. The number of anilines is 1. The molecule has 1 heterocycles. The molecule has 2 N–H and O–H groups in total. The predicted octanol–water partition coefficient (Wildman–Crippen LogP) is 0.553. The van der Waals surface area contributed by atoms with E-state index in [2.05, 4.69) is 10.0 Å². The van der Waals surface area contributed by atoms with Gasteiger partial charge in [0.25, 0.3) is 5.56 Å². The summed E-state index contributed by atoms with van der Waals surface area (Å²) in [5.41, 5.74) is -0.242. The van der Waals surface area contributed by atoms with Crippen LogP contribution in [0.15, 0.2) is 56.9 Å². The first-order chi connectivity index (χ1) is 14.6. The van der Waals surface area contributed by atoms with Gasteiger partial charge in [0.1, 0.15) is 5.75 Å². The smallest absolute Gasteiger partial charge is 0.330 e. The molecule has 0 fully saturated rings. The minimum atomic E-state index is -3.97. The lowest BCUT2D eigenvalue weighted by Gasteiger charge is -2.11. The SMILES string of the molecule is COc1cccc(NC(=O)CCNS(=O)(=O)c2ccc3c(c2)c(=O)n(C)c(=O)n3C)c1. The molecule has 164 valence electrons. The number of amides is 1. The van der Waals surface area contributed by atoms with Gasteiger partial charge in [0.15, 0.2) is 0 Å². The number of aryl methyl sites for hydroxylation is 1. The molecule has 10 nitrogen and oxygen atoms in total. The van der Waals surface area contributed by atoms with E-state index in [1.54, 1.807) is 24.3 Å². The Morgan fingerprint density at radius 3 is 2.52 bits per heavy atom. The van der Waals surface area contributed by atoms with Crippen LogP contribution in [0.4, 0.5) is 5.69 Å². The van der Waals surface area contributed by atoms with E-state index in [1.807, 2.05) is 0 Å². The lowest BCUT2D eigenvalue weighted by atomic mass is 10.2. The Balaban J connectivity index is 1.72. The summed E-state index contributed by atoms with van der Waals surface area (Å²) in [7, 11) is 0.364. The first-order valence-corrected chi connectivity index (χ1v) is 10.8. The number of benzene rings is 2. The number of aromatic nitrogens is 2. The molecule has 0 atom stereocenters. The van der Waals surface area contributed by atoms with E-state index in [0.29, 0.717) is 17.0 Å². The second-order valence-electron chi connectivity index (χ2n) is 6.81. The summed E-state index contributed by atoms with van der Waals surface area (Å²) >= 11 is 0. The molecule has 0 saturated carbocycles. The second-order valence-corrected chi connectivity index (χ2v) is 8.58. The van der Waals surface area contributed by atoms with Gasteiger partial charge in [-0.05, 0) is 30.3 Å². The van der Waals surface area contributed by atoms with Crippen molar-refractivity contribution < 1.29 is 17.9 Å². The van der Waals surface area contributed by atoms with Gasteiger partial charge >= 0.3 is 5.69 Å². The minimum Gasteiger partial charge on any atom is -0.497 e. The fourth-order valence-corrected chi connectivity index (χ4v) is 4.11. The molecule has 2 aromatic carbocycles. The van der Waals surface area contributed by atoms with Crippen LogP contribution in [0, 0.1) is 0 Å². The van der Waals surface area contributed by atoms with Gasteiger partial charge in [-0.3, -0.25) is 18.7 Å². The lowest BCUT2D eigenvalue weighted by Crippen LogP contribution is -2.37. The molecule has 31 heavy (non-hydrogen) atoms. The summed E-state index contributed by atoms with van der Waals surface area (Å²) in [4.78, 5) is 36.3. The van der Waals surface area contributed by atoms with E-state index in [4.69, 9.17) is 4.74 Å². The van der Waals surface area contributed by atoms with Gasteiger partial charge in [-0.1, -0.05) is 6.07 Å². The number of fused-ring (bicyclic) bond motifs is 1. The van der Waals surface area contributed by atoms with Crippen LogP contribution in [0.25, 0.3) is 10.9 Å². The normalized spacial score (nSPS) is 11.5. The van der Waals surface area contributed by atoms with Crippen molar-refractivity contribution in [1.29, 1.82) is 0 Å². The van der Waals surface area contributed by atoms with E-state index in [0.717, 1.165) is 4.57 Å². The van der Waals surface area contributed by atoms with Crippen molar-refractivity contribution in [3.05, 3.63) is 63.3 Å². The molecule has 0 radical (unpaired) electrons. The maximum absolute atomic E-state index is 12.6. The van der Waals surface area contributed by atoms with Gasteiger partial charge in [0.05, 0.1) is 22.9 Å². The Kier molecular flexibility index (Phi) is 6.27. The third kappa shape index (κ3) is 4.67. The van der Waals surface area contributed by atoms with Crippen molar-refractivity contribution in [1.82, 2.24) is 13.9 Å². The average molecular weight is 446 g/mol. The maximum Gasteiger partial charge on any atom is 0.330 e. The summed E-state index contributed by atoms with van der Waals surface area (Å²) in [5.74, 6) is 0.205. The molecule has 3 rings (SSSR count). The molecule has 0 saturated heterocycles. The van der Waals surface area contributed by atoms with Crippen LogP contribution in [0.1, 0.15) is 6.42 Å². The topological polar surface area (TPSA) is 128 Å². The van der Waals surface area contributed by atoms with E-state index in [9.17, 15) is 22.8 Å². The standard InChI is InChI=1S/C20H22N4O6S/c1-23-17-8-7-15(12-16(17)19(26)24(2)20(23)27)31(28,29)21-10-9-18(25)22-13-5-4-6-14(11-13)30-3/h4-8,11-12,21H,9-10H2,1-3H3,(H,22,25). The predicted molar refractivity (Wildman–Crippen MR) is 116 cm³/mol. The molecule has 0 aliphatic rings. The highest BCUT2D eigenvalue weighted by Crippen LogP contribution is 2.17. The molecule has 1 amide bonds. The quantitative estimate of drug-likeness (QED) is 0.546. The van der Waals surface area contributed by atoms with Crippen molar-refractivity contribution in [2.45, 2.75) is 11.3 Å². The molecule has 0 spiro atoms. The zero-order valence-electron chi connectivity index (χ0n) is 17.2. The van der Waals surface area contributed by atoms with Crippen molar-refractivity contribution >= 4 is 32.5 Å². The van der Waals surface area contributed by atoms with Crippen LogP contribution in [-0.4, -0.2) is 37.1 Å². The number of methoxy groups -OCH3 is 1. The number of ether oxygens (including phenoxy) is 1. The van der Waals surface area contributed by atoms with Crippen LogP contribution < -0.4 is 26.0 Å². The molecule has 0 aliphatic heterocycles. The van der Waals surface area contributed by atoms with Crippen LogP contribution in [0.3, 0.4) is 0 Å². The van der Waals surface area contributed by atoms with Gasteiger partial charge in [-0.15, -0.1) is 0 Å². The number of hydrogen-bond acceptors (Lipinski definition) is 6. The highest BCUT2D eigenvalue weighted by atomic mass is 32.2. The zero-order valence-corrected chi connectivity index (χ0v) is 18.0. The highest BCUT2D eigenvalue weighted by molar-refractivity contribution is 7.89. The fourth-order valence-electron chi connectivity index (χ4n) is 3.05. The molecular weight excluding hydrogens is 424 g/mol. The Labute approximate surface area is 178 Å². The van der Waals surface area contributed by atoms with Crippen LogP contribution in [0.5, 0.6) is 5.75 Å². The van der Waals surface area contributed by atoms with Crippen LogP contribution in [-0.2, 0) is 28.9 Å². The average Bonchev–Trinajstić information content (AvgIpc) is 2.75. The molecule has 11 heteroatoms. The number of rotatable bonds is 7. The molecule has 3 aromatic rings. The van der Waals surface area contributed by atoms with E-state index < -0.39 is 21.3 Å². The maximum atomic E-state index is 12.6. The summed E-state index contributed by atoms with van der Waals surface area (Å²) in [6, 6.07) is 10.7. The third-order valence-electron chi connectivity index (χ3n) is 4.75. The van der Waals surface area contributed by atoms with Crippen LogP contribution in [0.2, 0.25) is 0 Å². The Morgan fingerprint density at radius 1 is 1.06 bits per heavy atom. The Morgan fingerprint density at radius 2 is 1.81 bits per heavy atom. The molecule has 0 unspecified atom stereocenters. The second kappa shape index (κ2) is 8.74. The first kappa shape index (κ1) is 22.2. The molecule has 0 aliphatic carbocycles. The lowest BCUT2D eigenvalue weighted by molar-refractivity contribution is -0.116. The van der Waals surface area contributed by atoms with Gasteiger partial charge in [0, 0.05) is 38.8 Å². The third-order valence-corrected chi connectivity index (χ3v) is 6.20. The van der Waals surface area contributed by atoms with Crippen molar-refractivity contribution in [2.24, 2.45) is 14.1 Å². The van der Waals surface area contributed by atoms with E-state index in [1.165, 1.54) is 44.0 Å². The van der Waals surface area contributed by atoms with Crippen molar-refractivity contribution in [2.75, 3.05) is 19.0 Å². The number of sulfonamides is 1. The molecule has 1 aromatic heterocycles. The number of carbonyl (C=O) groups is 1. The number of hydrogen-bond donors (Lipinski definition) is 2. The van der Waals surface area contributed by atoms with Gasteiger partial charge in [0.2, 0.25) is 15.9 Å². The van der Waals surface area contributed by atoms with Gasteiger partial charge < -0.3 is 10.1 Å². The van der Waals surface area contributed by atoms with E-state index >= 15 is 0 Å². The van der Waals surface area contributed by atoms with Crippen molar-refractivity contribution in [3.8, 4) is 5.75 Å². The van der Waals surface area contributed by atoms with Gasteiger partial charge in [-0.25, -0.2) is 17.9 Å². The number of carbonyl (C=O) groups excluding carboxylic acids is 1. The molecular formula is C20H22N4O6S. The fraction of sp³-hybridized carbons (Fsp3) is 0.250. The monoisotopic (exact) mass is 446 g/mol. The first-order valence-electron chi connectivity index (χ1n) is 9.27. The van der Waals surface area contributed by atoms with Crippen LogP contribution >= 0.6 is 0 Å². The Bertz CT molecular complexity index is 1370. The molecule has 0 bridgehead atoms. The van der Waals surface area contributed by atoms with E-state index in [-0.39, 0.29) is 29.2 Å². The summed E-state index contributed by atoms with van der Waals surface area (Å²) in [6.07, 6.45) is -0.0969. The highest BCUT2D eigenvalue weighted by Gasteiger charge is 2.17. The summed E-state index contributed by atoms with van der Waals surface area (Å²) in [5, 5.41) is 2.76. The summed E-state index contributed by atoms with van der Waals surface area (Å²) in [6.45, 7) is -0.137. The zero-order chi connectivity index (χ0) is 22.8. The largest absolute Gasteiger partial charge is 0.497 e. The number of nitrogens with one attached hydrogen (secondary N) is 2. The Hall–Kier alpha value is -3.44. The van der Waals surface area contributed by atoms with Gasteiger partial charge in [-0.2, -0.15) is 0 Å². The van der Waals surface area contributed by atoms with Crippen molar-refractivity contribution in [3.63, 3.8) is 0 Å². The number of nitrogens with zero attached hydrogens (tertiary/aromatic N) is 2.